The second kappa shape index (κ2) is 4.22. The second-order valence-corrected chi connectivity index (χ2v) is 3.60. The Hall–Kier alpha value is -1.04. The van der Waals surface area contributed by atoms with Crippen molar-refractivity contribution in [2.45, 2.75) is 13.3 Å². The molecule has 1 aromatic rings. The van der Waals surface area contributed by atoms with Crippen LogP contribution in [0, 0.1) is 0 Å². The lowest BCUT2D eigenvalue weighted by molar-refractivity contribution is -0.274. The van der Waals surface area contributed by atoms with Crippen molar-refractivity contribution in [3.05, 3.63) is 28.2 Å². The molecule has 2 nitrogen and oxygen atoms in total. The molecule has 0 radical (unpaired) electrons. The van der Waals surface area contributed by atoms with Crippen LogP contribution in [0.25, 0.3) is 0 Å². The molecule has 0 amide bonds. The van der Waals surface area contributed by atoms with E-state index in [0.29, 0.717) is 5.56 Å². The number of carbonyl (C=O) groups is 1. The van der Waals surface area contributed by atoms with Crippen molar-refractivity contribution in [3.8, 4) is 5.75 Å². The van der Waals surface area contributed by atoms with Crippen molar-refractivity contribution in [2.24, 2.45) is 0 Å². The number of alkyl halides is 3. The molecule has 0 atom stereocenters. The van der Waals surface area contributed by atoms with Crippen LogP contribution < -0.4 is 4.74 Å². The van der Waals surface area contributed by atoms with Gasteiger partial charge in [-0.2, -0.15) is 0 Å². The fourth-order valence-corrected chi connectivity index (χ4v) is 1.39. The number of Topliss-reactive ketones (excluding diaryl/α,β-unsaturated/α-hetero) is 1. The monoisotopic (exact) mass is 282 g/mol. The van der Waals surface area contributed by atoms with E-state index < -0.39 is 6.36 Å². The number of hydrogen-bond donors (Lipinski definition) is 0. The molecular formula is C9H6BrF3O2. The van der Waals surface area contributed by atoms with E-state index in [0.717, 1.165) is 6.07 Å². The zero-order valence-electron chi connectivity index (χ0n) is 7.56. The van der Waals surface area contributed by atoms with E-state index in [9.17, 15) is 18.0 Å². The van der Waals surface area contributed by atoms with Crippen LogP contribution >= 0.6 is 15.9 Å². The van der Waals surface area contributed by atoms with Crippen LogP contribution in [0.5, 0.6) is 5.75 Å². The number of halogens is 4. The topological polar surface area (TPSA) is 26.3 Å². The van der Waals surface area contributed by atoms with Gasteiger partial charge in [0.05, 0.1) is 4.47 Å². The first-order valence-electron chi connectivity index (χ1n) is 3.86. The van der Waals surface area contributed by atoms with Crippen molar-refractivity contribution in [3.63, 3.8) is 0 Å². The average Bonchev–Trinajstić information content (AvgIpc) is 2.05. The third kappa shape index (κ3) is 3.54. The van der Waals surface area contributed by atoms with E-state index in [1.54, 1.807) is 0 Å². The molecule has 0 aromatic heterocycles. The summed E-state index contributed by atoms with van der Waals surface area (Å²) in [5, 5.41) is 0. The molecule has 1 rings (SSSR count). The molecule has 6 heteroatoms. The summed E-state index contributed by atoms with van der Waals surface area (Å²) in [6.45, 7) is 1.33. The van der Waals surface area contributed by atoms with Crippen LogP contribution in [0.3, 0.4) is 0 Å². The lowest BCUT2D eigenvalue weighted by Crippen LogP contribution is -2.17. The van der Waals surface area contributed by atoms with Gasteiger partial charge in [0.15, 0.2) is 5.78 Å². The van der Waals surface area contributed by atoms with E-state index in [1.807, 2.05) is 0 Å². The van der Waals surface area contributed by atoms with Gasteiger partial charge >= 0.3 is 6.36 Å². The van der Waals surface area contributed by atoms with Gasteiger partial charge in [0.2, 0.25) is 0 Å². The standard InChI is InChI=1S/C9H6BrF3O2/c1-5(14)6-2-3-8(7(10)4-6)15-9(11,12)13/h2-4H,1H3. The molecule has 0 aliphatic rings. The van der Waals surface area contributed by atoms with Crippen molar-refractivity contribution in [2.75, 3.05) is 0 Å². The first-order chi connectivity index (χ1) is 6.79. The fourth-order valence-electron chi connectivity index (χ4n) is 0.927. The number of carbonyl (C=O) groups excluding carboxylic acids is 1. The zero-order valence-corrected chi connectivity index (χ0v) is 9.15. The normalized spacial score (nSPS) is 11.3. The summed E-state index contributed by atoms with van der Waals surface area (Å²) >= 11 is 2.89. The molecule has 82 valence electrons. The highest BCUT2D eigenvalue weighted by Crippen LogP contribution is 2.31. The van der Waals surface area contributed by atoms with E-state index in [2.05, 4.69) is 20.7 Å². The number of rotatable bonds is 2. The first kappa shape index (κ1) is 12.0. The van der Waals surface area contributed by atoms with Crippen LogP contribution in [0.1, 0.15) is 17.3 Å². The summed E-state index contributed by atoms with van der Waals surface area (Å²) < 4.78 is 39.4. The Morgan fingerprint density at radius 1 is 1.40 bits per heavy atom. The summed E-state index contributed by atoms with van der Waals surface area (Å²) in [6.07, 6.45) is -4.74. The van der Waals surface area contributed by atoms with Gasteiger partial charge in [-0.05, 0) is 41.1 Å². The van der Waals surface area contributed by atoms with Gasteiger partial charge in [0.1, 0.15) is 5.75 Å². The molecule has 0 N–H and O–H groups in total. The van der Waals surface area contributed by atoms with Gasteiger partial charge in [0, 0.05) is 5.56 Å². The van der Waals surface area contributed by atoms with Gasteiger partial charge in [-0.15, -0.1) is 13.2 Å². The summed E-state index contributed by atoms with van der Waals surface area (Å²) in [5.74, 6) is -0.596. The maximum atomic E-state index is 11.9. The Labute approximate surface area is 92.2 Å². The molecule has 0 unspecified atom stereocenters. The molecule has 0 saturated carbocycles. The minimum Gasteiger partial charge on any atom is -0.405 e. The maximum Gasteiger partial charge on any atom is 0.573 e. The summed E-state index contributed by atoms with van der Waals surface area (Å²) in [5.41, 5.74) is 0.316. The van der Waals surface area contributed by atoms with Crippen molar-refractivity contribution >= 4 is 21.7 Å². The van der Waals surface area contributed by atoms with Crippen LogP contribution in [0.2, 0.25) is 0 Å². The minimum absolute atomic E-state index is 0.0903. The van der Waals surface area contributed by atoms with Crippen molar-refractivity contribution in [1.82, 2.24) is 0 Å². The molecular weight excluding hydrogens is 277 g/mol. The number of ketones is 1. The number of benzene rings is 1. The van der Waals surface area contributed by atoms with Gasteiger partial charge in [-0.25, -0.2) is 0 Å². The van der Waals surface area contributed by atoms with Crippen LogP contribution in [-0.4, -0.2) is 12.1 Å². The van der Waals surface area contributed by atoms with E-state index in [4.69, 9.17) is 0 Å². The third-order valence-electron chi connectivity index (χ3n) is 1.56. The predicted molar refractivity (Wildman–Crippen MR) is 50.8 cm³/mol. The molecule has 0 aliphatic heterocycles. The summed E-state index contributed by atoms with van der Waals surface area (Å²) in [6, 6.07) is 3.64. The predicted octanol–water partition coefficient (Wildman–Crippen LogP) is 3.55. The first-order valence-corrected chi connectivity index (χ1v) is 4.65. The average molecular weight is 283 g/mol. The molecule has 0 bridgehead atoms. The quantitative estimate of drug-likeness (QED) is 0.776. The SMILES string of the molecule is CC(=O)c1ccc(OC(F)(F)F)c(Br)c1. The zero-order chi connectivity index (χ0) is 11.6. The highest BCUT2D eigenvalue weighted by Gasteiger charge is 2.31. The Morgan fingerprint density at radius 3 is 2.40 bits per heavy atom. The number of ether oxygens (including phenoxy) is 1. The van der Waals surface area contributed by atoms with Crippen molar-refractivity contribution < 1.29 is 22.7 Å². The largest absolute Gasteiger partial charge is 0.573 e. The molecule has 0 fully saturated rings. The maximum absolute atomic E-state index is 11.9. The minimum atomic E-state index is -4.74. The van der Waals surface area contributed by atoms with E-state index in [1.165, 1.54) is 19.1 Å². The molecule has 0 heterocycles. The van der Waals surface area contributed by atoms with Crippen LogP contribution in [0.4, 0.5) is 13.2 Å². The van der Waals surface area contributed by atoms with Gasteiger partial charge in [0.25, 0.3) is 0 Å². The Balaban J connectivity index is 2.99. The Morgan fingerprint density at radius 2 is 2.00 bits per heavy atom. The summed E-state index contributed by atoms with van der Waals surface area (Å²) in [7, 11) is 0. The van der Waals surface area contributed by atoms with E-state index >= 15 is 0 Å². The summed E-state index contributed by atoms with van der Waals surface area (Å²) in [4.78, 5) is 10.9. The van der Waals surface area contributed by atoms with Crippen LogP contribution in [0.15, 0.2) is 22.7 Å². The Kier molecular flexibility index (Phi) is 3.38. The van der Waals surface area contributed by atoms with Gasteiger partial charge in [-0.1, -0.05) is 0 Å². The molecule has 1 aromatic carbocycles. The third-order valence-corrected chi connectivity index (χ3v) is 2.18. The molecule has 0 spiro atoms. The van der Waals surface area contributed by atoms with Crippen LogP contribution in [-0.2, 0) is 0 Å². The van der Waals surface area contributed by atoms with Gasteiger partial charge < -0.3 is 4.74 Å². The number of hydrogen-bond acceptors (Lipinski definition) is 2. The molecule has 0 saturated heterocycles. The Bertz CT molecular complexity index is 387. The second-order valence-electron chi connectivity index (χ2n) is 2.75. The lowest BCUT2D eigenvalue weighted by atomic mass is 10.1. The fraction of sp³-hybridized carbons (Fsp3) is 0.222. The molecule has 0 aliphatic carbocycles. The highest BCUT2D eigenvalue weighted by atomic mass is 79.9. The highest BCUT2D eigenvalue weighted by molar-refractivity contribution is 9.10. The molecule has 15 heavy (non-hydrogen) atoms. The van der Waals surface area contributed by atoms with E-state index in [-0.39, 0.29) is 16.0 Å². The smallest absolute Gasteiger partial charge is 0.405 e. The van der Waals surface area contributed by atoms with Crippen molar-refractivity contribution in [1.29, 1.82) is 0 Å². The lowest BCUT2D eigenvalue weighted by Gasteiger charge is -2.10. The van der Waals surface area contributed by atoms with Gasteiger partial charge in [-0.3, -0.25) is 4.79 Å².